The van der Waals surface area contributed by atoms with Gasteiger partial charge in [0.2, 0.25) is 0 Å². The molecule has 0 saturated heterocycles. The predicted molar refractivity (Wildman–Crippen MR) is 113 cm³/mol. The van der Waals surface area contributed by atoms with Gasteiger partial charge in [0.1, 0.15) is 11.8 Å². The molecule has 4 amide bonds. The first kappa shape index (κ1) is 24.1. The van der Waals surface area contributed by atoms with Crippen molar-refractivity contribution in [2.45, 2.75) is 6.42 Å². The summed E-state index contributed by atoms with van der Waals surface area (Å²) in [5.74, 6) is -1.80. The summed E-state index contributed by atoms with van der Waals surface area (Å²) in [6.07, 6.45) is 0.546. The van der Waals surface area contributed by atoms with Crippen LogP contribution in [-0.2, 0) is 26.7 Å². The molecule has 0 aliphatic carbocycles. The van der Waals surface area contributed by atoms with E-state index in [2.05, 4.69) is 10.6 Å². The second kappa shape index (κ2) is 10.2. The average Bonchev–Trinajstić information content (AvgIpc) is 2.67. The highest BCUT2D eigenvalue weighted by molar-refractivity contribution is 7.86. The van der Waals surface area contributed by atoms with Crippen LogP contribution in [0.2, 0.25) is 0 Å². The number of carbonyl (C=O) groups excluding carboxylic acids is 2. The summed E-state index contributed by atoms with van der Waals surface area (Å²) in [5, 5.41) is 8.84. The van der Waals surface area contributed by atoms with Crippen LogP contribution in [0.4, 0.5) is 21.0 Å². The zero-order chi connectivity index (χ0) is 23.1. The number of hydrogen-bond acceptors (Lipinski definition) is 6. The number of nitrogens with one attached hydrogen (secondary N) is 4. The summed E-state index contributed by atoms with van der Waals surface area (Å²) in [7, 11) is -8.61. The maximum Gasteiger partial charge on any atom is 0.320 e. The lowest BCUT2D eigenvalue weighted by atomic mass is 10.0. The Kier molecular flexibility index (Phi) is 7.93. The lowest BCUT2D eigenvalue weighted by molar-refractivity contribution is 0.252. The highest BCUT2D eigenvalue weighted by Crippen LogP contribution is 2.16. The van der Waals surface area contributed by atoms with E-state index in [9.17, 15) is 26.4 Å². The van der Waals surface area contributed by atoms with Crippen LogP contribution in [0.25, 0.3) is 0 Å². The molecule has 0 aliphatic rings. The summed E-state index contributed by atoms with van der Waals surface area (Å²) >= 11 is 0. The van der Waals surface area contributed by atoms with E-state index in [1.807, 2.05) is 10.6 Å². The zero-order valence-corrected chi connectivity index (χ0v) is 17.5. The van der Waals surface area contributed by atoms with Gasteiger partial charge in [0.05, 0.1) is 0 Å². The number of carbonyl (C=O) groups is 2. The van der Waals surface area contributed by atoms with E-state index in [1.165, 1.54) is 0 Å². The van der Waals surface area contributed by atoms with Gasteiger partial charge in [0.25, 0.3) is 20.2 Å². The molecule has 0 bridgehead atoms. The largest absolute Gasteiger partial charge is 0.321 e. The molecule has 2 aromatic carbocycles. The van der Waals surface area contributed by atoms with E-state index in [0.717, 1.165) is 11.1 Å². The van der Waals surface area contributed by atoms with Crippen LogP contribution < -0.4 is 21.3 Å². The number of benzene rings is 2. The number of anilines is 2. The van der Waals surface area contributed by atoms with Gasteiger partial charge < -0.3 is 21.3 Å². The van der Waals surface area contributed by atoms with Crippen LogP contribution in [0.5, 0.6) is 0 Å². The van der Waals surface area contributed by atoms with Gasteiger partial charge >= 0.3 is 12.1 Å². The molecule has 2 aromatic rings. The van der Waals surface area contributed by atoms with Gasteiger partial charge in [-0.1, -0.05) is 24.3 Å². The van der Waals surface area contributed by atoms with Crippen molar-refractivity contribution in [1.82, 2.24) is 10.6 Å². The summed E-state index contributed by atoms with van der Waals surface area (Å²) < 4.78 is 59.6. The first-order valence-electron chi connectivity index (χ1n) is 8.57. The minimum Gasteiger partial charge on any atom is -0.321 e. The normalized spacial score (nSPS) is 11.4. The van der Waals surface area contributed by atoms with Gasteiger partial charge in [0.15, 0.2) is 0 Å². The Balaban J connectivity index is 1.86. The zero-order valence-electron chi connectivity index (χ0n) is 15.9. The van der Waals surface area contributed by atoms with E-state index < -0.39 is 44.1 Å². The Labute approximate surface area is 178 Å². The second-order valence-corrected chi connectivity index (χ2v) is 9.19. The number of rotatable bonds is 8. The van der Waals surface area contributed by atoms with E-state index in [0.29, 0.717) is 17.8 Å². The van der Waals surface area contributed by atoms with Crippen LogP contribution in [0.3, 0.4) is 0 Å². The predicted octanol–water partition coefficient (Wildman–Crippen LogP) is 1.21. The summed E-state index contributed by atoms with van der Waals surface area (Å²) in [6.45, 7) is 0. The number of urea groups is 2. The van der Waals surface area contributed by atoms with E-state index in [1.54, 1.807) is 48.5 Å². The minimum atomic E-state index is -4.30. The van der Waals surface area contributed by atoms with Crippen molar-refractivity contribution < 1.29 is 35.5 Å². The molecular weight excluding hydrogens is 452 g/mol. The van der Waals surface area contributed by atoms with Gasteiger partial charge in [-0.15, -0.1) is 0 Å². The fraction of sp³-hybridized carbons (Fsp3) is 0.176. The molecule has 6 N–H and O–H groups in total. The molecule has 0 aliphatic heterocycles. The monoisotopic (exact) mass is 472 g/mol. The Bertz CT molecular complexity index is 1040. The van der Waals surface area contributed by atoms with Gasteiger partial charge in [-0.2, -0.15) is 16.8 Å². The lowest BCUT2D eigenvalue weighted by Crippen LogP contribution is -2.33. The van der Waals surface area contributed by atoms with Crippen molar-refractivity contribution >= 4 is 43.7 Å². The van der Waals surface area contributed by atoms with Crippen molar-refractivity contribution in [2.75, 3.05) is 22.4 Å². The van der Waals surface area contributed by atoms with Crippen LogP contribution in [0.1, 0.15) is 11.1 Å². The van der Waals surface area contributed by atoms with Crippen molar-refractivity contribution in [3.05, 3.63) is 59.7 Å². The Morgan fingerprint density at radius 2 is 0.968 bits per heavy atom. The first-order chi connectivity index (χ1) is 14.4. The van der Waals surface area contributed by atoms with Crippen molar-refractivity contribution in [1.29, 1.82) is 0 Å². The molecule has 31 heavy (non-hydrogen) atoms. The quantitative estimate of drug-likeness (QED) is 0.309. The molecular formula is C17H20N4O8S2. The van der Waals surface area contributed by atoms with Crippen LogP contribution in [-0.4, -0.2) is 49.8 Å². The maximum atomic E-state index is 11.6. The molecule has 2 rings (SSSR count). The number of amides is 4. The molecule has 0 spiro atoms. The molecule has 0 saturated carbocycles. The molecule has 0 atom stereocenters. The lowest BCUT2D eigenvalue weighted by Gasteiger charge is -2.09. The topological polar surface area (TPSA) is 191 Å². The van der Waals surface area contributed by atoms with Crippen LogP contribution >= 0.6 is 0 Å². The molecule has 12 nitrogen and oxygen atoms in total. The Hall–Kier alpha value is -3.20. The first-order valence-corrected chi connectivity index (χ1v) is 11.8. The van der Waals surface area contributed by atoms with Gasteiger partial charge in [-0.05, 0) is 41.8 Å². The molecule has 0 heterocycles. The standard InChI is InChI=1S/C17H20N4O8S2/c22-16(18-10-30(24,25)26)20-14-5-1-12(2-6-14)9-13-3-7-15(8-4-13)21-17(23)19-11-31(27,28)29/h1-8H,9-11H2,(H2,18,20,22)(H2,19,21,23)(H,24,25,26)(H,27,28,29). The van der Waals surface area contributed by atoms with Gasteiger partial charge in [-0.25, -0.2) is 9.59 Å². The van der Waals surface area contributed by atoms with Gasteiger partial charge in [-0.3, -0.25) is 9.11 Å². The minimum absolute atomic E-state index is 0.423. The SMILES string of the molecule is O=C(NCS(=O)(=O)O)Nc1ccc(Cc2ccc(NC(=O)NCS(=O)(=O)O)cc2)cc1. The maximum absolute atomic E-state index is 11.6. The smallest absolute Gasteiger partial charge is 0.320 e. The third-order valence-corrected chi connectivity index (χ3v) is 4.68. The fourth-order valence-electron chi connectivity index (χ4n) is 2.31. The molecule has 0 unspecified atom stereocenters. The van der Waals surface area contributed by atoms with Gasteiger partial charge in [0, 0.05) is 11.4 Å². The van der Waals surface area contributed by atoms with E-state index in [4.69, 9.17) is 9.11 Å². The highest BCUT2D eigenvalue weighted by Gasteiger charge is 2.09. The summed E-state index contributed by atoms with van der Waals surface area (Å²) in [4.78, 5) is 23.1. The molecule has 0 radical (unpaired) electrons. The third kappa shape index (κ3) is 9.90. The second-order valence-electron chi connectivity index (χ2n) is 6.28. The van der Waals surface area contributed by atoms with Crippen molar-refractivity contribution in [3.63, 3.8) is 0 Å². The Morgan fingerprint density at radius 3 is 1.26 bits per heavy atom. The highest BCUT2D eigenvalue weighted by atomic mass is 32.2. The van der Waals surface area contributed by atoms with E-state index in [-0.39, 0.29) is 0 Å². The summed E-state index contributed by atoms with van der Waals surface area (Å²) in [6, 6.07) is 12.0. The van der Waals surface area contributed by atoms with Crippen LogP contribution in [0.15, 0.2) is 48.5 Å². The molecule has 0 fully saturated rings. The van der Waals surface area contributed by atoms with E-state index >= 15 is 0 Å². The molecule has 0 aromatic heterocycles. The van der Waals surface area contributed by atoms with Crippen LogP contribution in [0, 0.1) is 0 Å². The number of hydrogen-bond donors (Lipinski definition) is 6. The average molecular weight is 473 g/mol. The molecule has 14 heteroatoms. The fourth-order valence-corrected chi connectivity index (χ4v) is 2.94. The third-order valence-electron chi connectivity index (χ3n) is 3.66. The summed E-state index contributed by atoms with van der Waals surface area (Å²) in [5.41, 5.74) is 2.67. The van der Waals surface area contributed by atoms with Crippen molar-refractivity contribution in [2.24, 2.45) is 0 Å². The molecule has 168 valence electrons. The Morgan fingerprint density at radius 1 is 0.645 bits per heavy atom. The van der Waals surface area contributed by atoms with Crippen molar-refractivity contribution in [3.8, 4) is 0 Å².